The molecule has 0 spiro atoms. The normalized spacial score (nSPS) is 27.3. The number of amides is 1. The molecule has 2 saturated carbocycles. The van der Waals surface area contributed by atoms with E-state index < -0.39 is 24.0 Å². The number of carboxylic acid groups (broad SMARTS) is 1. The van der Waals surface area contributed by atoms with E-state index in [0.717, 1.165) is 59.8 Å². The van der Waals surface area contributed by atoms with Crippen molar-refractivity contribution < 1.29 is 32.6 Å². The van der Waals surface area contributed by atoms with Crippen molar-refractivity contribution in [2.45, 2.75) is 95.6 Å². The first-order chi connectivity index (χ1) is 20.5. The first-order valence-corrected chi connectivity index (χ1v) is 15.5. The Morgan fingerprint density at radius 3 is 2.42 bits per heavy atom. The fourth-order valence-electron chi connectivity index (χ4n) is 8.47. The zero-order chi connectivity index (χ0) is 30.3. The molecule has 4 atom stereocenters. The van der Waals surface area contributed by atoms with Crippen LogP contribution >= 0.6 is 0 Å². The predicted octanol–water partition coefficient (Wildman–Crippen LogP) is 7.28. The average Bonchev–Trinajstić information content (AvgIpc) is 3.60. The second kappa shape index (κ2) is 10.1. The van der Waals surface area contributed by atoms with Crippen LogP contribution in [0.15, 0.2) is 36.4 Å². The average molecular weight is 595 g/mol. The van der Waals surface area contributed by atoms with Gasteiger partial charge >= 0.3 is 12.1 Å². The SMILES string of the molecule is C[C@@H]1CN(C(=O)C23CC2c2c(CC(F)(F)F)cccc2-c2c(C4CCCCC4)c4ccc(C(=O)O)cc4n2C3)C[C@H](C)O1. The van der Waals surface area contributed by atoms with Gasteiger partial charge < -0.3 is 19.3 Å². The third-order valence-corrected chi connectivity index (χ3v) is 10.2. The second-order valence-corrected chi connectivity index (χ2v) is 13.3. The number of ether oxygens (including phenoxy) is 1. The van der Waals surface area contributed by atoms with Crippen LogP contribution in [0.4, 0.5) is 13.2 Å². The number of halogens is 3. The van der Waals surface area contributed by atoms with Gasteiger partial charge in [0.2, 0.25) is 5.91 Å². The molecule has 2 unspecified atom stereocenters. The standard InChI is InChI=1S/C34H37F3N2O4/c1-19-16-38(17-20(2)43-19)32(42)33-15-26(33)28-23(14-34(35,36)37)9-6-10-25(28)30-29(21-7-4-3-5-8-21)24-12-11-22(31(40)41)13-27(24)39(30)18-33/h6,9-13,19-21,26H,3-5,7-8,14-18H2,1-2H3,(H,40,41)/t19-,20+,26?,33?. The number of carbonyl (C=O) groups excluding carboxylic acids is 1. The molecule has 0 radical (unpaired) electrons. The minimum Gasteiger partial charge on any atom is -0.478 e. The smallest absolute Gasteiger partial charge is 0.393 e. The van der Waals surface area contributed by atoms with Crippen molar-refractivity contribution in [1.82, 2.24) is 9.47 Å². The van der Waals surface area contributed by atoms with Crippen LogP contribution in [-0.4, -0.2) is 57.9 Å². The van der Waals surface area contributed by atoms with Crippen molar-refractivity contribution in [3.05, 3.63) is 58.7 Å². The summed E-state index contributed by atoms with van der Waals surface area (Å²) >= 11 is 0. The Kier molecular flexibility index (Phi) is 6.69. The second-order valence-electron chi connectivity index (χ2n) is 13.3. The Labute approximate surface area is 248 Å². The van der Waals surface area contributed by atoms with E-state index in [0.29, 0.717) is 31.6 Å². The highest BCUT2D eigenvalue weighted by molar-refractivity contribution is 6.00. The van der Waals surface area contributed by atoms with Crippen LogP contribution in [0.25, 0.3) is 22.2 Å². The van der Waals surface area contributed by atoms with Crippen LogP contribution in [0, 0.1) is 5.41 Å². The maximum absolute atomic E-state index is 14.5. The highest BCUT2D eigenvalue weighted by Crippen LogP contribution is 2.66. The number of hydrogen-bond donors (Lipinski definition) is 1. The first kappa shape index (κ1) is 28.4. The monoisotopic (exact) mass is 594 g/mol. The third kappa shape index (κ3) is 4.75. The van der Waals surface area contributed by atoms with Crippen molar-refractivity contribution in [3.63, 3.8) is 0 Å². The zero-order valence-corrected chi connectivity index (χ0v) is 24.5. The molecule has 1 N–H and O–H groups in total. The minimum atomic E-state index is -4.40. The number of carboxylic acids is 1. The molecule has 3 heterocycles. The quantitative estimate of drug-likeness (QED) is 0.345. The van der Waals surface area contributed by atoms with Gasteiger partial charge in [-0.3, -0.25) is 4.79 Å². The van der Waals surface area contributed by atoms with Gasteiger partial charge in [-0.05, 0) is 67.9 Å². The number of alkyl halides is 3. The van der Waals surface area contributed by atoms with Crippen LogP contribution in [0.5, 0.6) is 0 Å². The van der Waals surface area contributed by atoms with E-state index in [-0.39, 0.29) is 41.1 Å². The molecule has 1 amide bonds. The number of morpholine rings is 1. The number of aromatic carboxylic acids is 1. The van der Waals surface area contributed by atoms with E-state index in [1.165, 1.54) is 0 Å². The summed E-state index contributed by atoms with van der Waals surface area (Å²) in [4.78, 5) is 28.5. The van der Waals surface area contributed by atoms with Gasteiger partial charge in [-0.25, -0.2) is 4.79 Å². The van der Waals surface area contributed by atoms with Crippen molar-refractivity contribution in [1.29, 1.82) is 0 Å². The summed E-state index contributed by atoms with van der Waals surface area (Å²) in [5.41, 5.74) is 3.57. The summed E-state index contributed by atoms with van der Waals surface area (Å²) in [6.45, 7) is 5.04. The summed E-state index contributed by atoms with van der Waals surface area (Å²) in [5, 5.41) is 10.8. The van der Waals surface area contributed by atoms with Gasteiger partial charge in [-0.1, -0.05) is 43.5 Å². The molecule has 6 nitrogen and oxygen atoms in total. The lowest BCUT2D eigenvalue weighted by molar-refractivity contribution is -0.149. The highest BCUT2D eigenvalue weighted by atomic mass is 19.4. The van der Waals surface area contributed by atoms with Crippen LogP contribution in [0.3, 0.4) is 0 Å². The van der Waals surface area contributed by atoms with E-state index in [9.17, 15) is 27.9 Å². The Bertz CT molecular complexity index is 1610. The van der Waals surface area contributed by atoms with E-state index in [4.69, 9.17) is 4.74 Å². The summed E-state index contributed by atoms with van der Waals surface area (Å²) in [5.74, 6) is -1.22. The lowest BCUT2D eigenvalue weighted by Gasteiger charge is -2.37. The van der Waals surface area contributed by atoms with Gasteiger partial charge in [0, 0.05) is 42.0 Å². The summed E-state index contributed by atoms with van der Waals surface area (Å²) in [6, 6.07) is 10.4. The van der Waals surface area contributed by atoms with Crippen LogP contribution in [-0.2, 0) is 22.5 Å². The Balaban J connectivity index is 1.49. The van der Waals surface area contributed by atoms with Crippen LogP contribution < -0.4 is 0 Å². The van der Waals surface area contributed by atoms with Gasteiger partial charge in [0.15, 0.2) is 0 Å². The van der Waals surface area contributed by atoms with E-state index in [1.807, 2.05) is 30.9 Å². The summed E-state index contributed by atoms with van der Waals surface area (Å²) in [7, 11) is 0. The number of fused-ring (bicyclic) bond motifs is 7. The first-order valence-electron chi connectivity index (χ1n) is 15.5. The molecule has 228 valence electrons. The number of aromatic nitrogens is 1. The summed E-state index contributed by atoms with van der Waals surface area (Å²) in [6.07, 6.45) is -0.0213. The molecular weight excluding hydrogens is 557 g/mol. The van der Waals surface area contributed by atoms with Gasteiger partial charge in [0.05, 0.1) is 35.3 Å². The fraction of sp³-hybridized carbons (Fsp3) is 0.529. The number of rotatable bonds is 4. The largest absolute Gasteiger partial charge is 0.478 e. The Hall–Kier alpha value is -3.33. The minimum absolute atomic E-state index is 0.0458. The number of carbonyl (C=O) groups is 2. The van der Waals surface area contributed by atoms with Gasteiger partial charge in [-0.15, -0.1) is 0 Å². The summed E-state index contributed by atoms with van der Waals surface area (Å²) < 4.78 is 50.0. The zero-order valence-electron chi connectivity index (χ0n) is 24.5. The molecule has 43 heavy (non-hydrogen) atoms. The maximum Gasteiger partial charge on any atom is 0.393 e. The molecule has 4 aliphatic rings. The molecule has 0 bridgehead atoms. The Morgan fingerprint density at radius 1 is 1.02 bits per heavy atom. The van der Waals surface area contributed by atoms with Gasteiger partial charge in [0.1, 0.15) is 0 Å². The number of benzene rings is 2. The molecular formula is C34H37F3N2O4. The molecule has 3 aromatic rings. The third-order valence-electron chi connectivity index (χ3n) is 10.2. The van der Waals surface area contributed by atoms with Crippen molar-refractivity contribution in [2.75, 3.05) is 13.1 Å². The molecule has 1 aromatic heterocycles. The lowest BCUT2D eigenvalue weighted by atomic mass is 9.80. The molecule has 1 saturated heterocycles. The number of nitrogens with zero attached hydrogens (tertiary/aromatic N) is 2. The van der Waals surface area contributed by atoms with Crippen LogP contribution in [0.2, 0.25) is 0 Å². The molecule has 2 aliphatic carbocycles. The Morgan fingerprint density at radius 2 is 1.74 bits per heavy atom. The maximum atomic E-state index is 14.5. The lowest BCUT2D eigenvalue weighted by Crippen LogP contribution is -2.51. The van der Waals surface area contributed by atoms with E-state index >= 15 is 0 Å². The van der Waals surface area contributed by atoms with Crippen LogP contribution in [0.1, 0.15) is 91.3 Å². The topological polar surface area (TPSA) is 71.8 Å². The molecule has 9 heteroatoms. The van der Waals surface area contributed by atoms with E-state index in [2.05, 4.69) is 4.57 Å². The highest BCUT2D eigenvalue weighted by Gasteiger charge is 2.64. The van der Waals surface area contributed by atoms with Gasteiger partial charge in [0.25, 0.3) is 0 Å². The van der Waals surface area contributed by atoms with E-state index in [1.54, 1.807) is 24.3 Å². The molecule has 2 aromatic carbocycles. The van der Waals surface area contributed by atoms with Gasteiger partial charge in [-0.2, -0.15) is 13.2 Å². The van der Waals surface area contributed by atoms with Crippen molar-refractivity contribution in [2.24, 2.45) is 5.41 Å². The fourth-order valence-corrected chi connectivity index (χ4v) is 8.47. The van der Waals surface area contributed by atoms with Crippen molar-refractivity contribution >= 4 is 22.8 Å². The molecule has 3 fully saturated rings. The predicted molar refractivity (Wildman–Crippen MR) is 156 cm³/mol. The van der Waals surface area contributed by atoms with Crippen molar-refractivity contribution in [3.8, 4) is 11.3 Å². The molecule has 7 rings (SSSR count). The molecule has 2 aliphatic heterocycles. The number of hydrogen-bond acceptors (Lipinski definition) is 3.